The molecular weight excluding hydrogens is 417 g/mol. The van der Waals surface area contributed by atoms with Crippen LogP contribution in [0.1, 0.15) is 97.5 Å². The smallest absolute Gasteiger partial charge is 0.420 e. The fraction of sp³-hybridized carbons (Fsp3) is 0.655. The second-order valence-corrected chi connectivity index (χ2v) is 16.5. The predicted molar refractivity (Wildman–Crippen MR) is 150 cm³/mol. The Hall–Kier alpha value is -1.26. The molecule has 1 aromatic rings. The van der Waals surface area contributed by atoms with Gasteiger partial charge in [-0.25, -0.2) is 0 Å². The summed E-state index contributed by atoms with van der Waals surface area (Å²) in [6, 6.07) is 10.8. The molecule has 2 rings (SSSR count). The fourth-order valence-electron chi connectivity index (χ4n) is 4.41. The maximum absolute atomic E-state index is 6.68. The normalized spacial score (nSPS) is 14.7. The van der Waals surface area contributed by atoms with Gasteiger partial charge in [-0.2, -0.15) is 0 Å². The summed E-state index contributed by atoms with van der Waals surface area (Å²) >= 11 is 0. The lowest BCUT2D eigenvalue weighted by atomic mass is 9.68. The Kier molecular flexibility index (Phi) is 12.1. The van der Waals surface area contributed by atoms with Gasteiger partial charge in [0.2, 0.25) is 0 Å². The minimum atomic E-state index is -1.75. The van der Waals surface area contributed by atoms with Crippen molar-refractivity contribution in [2.75, 3.05) is 6.61 Å². The molecule has 0 atom stereocenters. The van der Waals surface area contributed by atoms with E-state index < -0.39 is 8.24 Å². The van der Waals surface area contributed by atoms with Crippen molar-refractivity contribution in [2.24, 2.45) is 0 Å². The summed E-state index contributed by atoms with van der Waals surface area (Å²) in [7, 11) is -1.68. The number of rotatable bonds is 15. The Morgan fingerprint density at radius 1 is 0.848 bits per heavy atom. The molecule has 0 saturated carbocycles. The van der Waals surface area contributed by atoms with Crippen LogP contribution in [0.4, 0.5) is 0 Å². The molecule has 0 unspecified atom stereocenters. The van der Waals surface area contributed by atoms with Crippen LogP contribution in [0.3, 0.4) is 0 Å². The number of nitrogens with zero attached hydrogens (tertiary/aromatic N) is 1. The van der Waals surface area contributed by atoms with Gasteiger partial charge in [-0.05, 0) is 41.2 Å². The van der Waals surface area contributed by atoms with Gasteiger partial charge in [0.15, 0.2) is 0 Å². The summed E-state index contributed by atoms with van der Waals surface area (Å²) in [6.45, 7) is 15.3. The molecule has 1 aliphatic heterocycles. The highest BCUT2D eigenvalue weighted by Crippen LogP contribution is 2.40. The van der Waals surface area contributed by atoms with Crippen molar-refractivity contribution in [3.8, 4) is 0 Å². The fourth-order valence-corrected chi connectivity index (χ4v) is 6.47. The average molecular weight is 468 g/mol. The molecule has 0 amide bonds. The van der Waals surface area contributed by atoms with Crippen molar-refractivity contribution in [2.45, 2.75) is 116 Å². The van der Waals surface area contributed by atoms with Crippen LogP contribution in [0.5, 0.6) is 0 Å². The third-order valence-corrected chi connectivity index (χ3v) is 13.0. The highest BCUT2D eigenvalue weighted by atomic mass is 28.3. The highest BCUT2D eigenvalue weighted by molar-refractivity contribution is 6.86. The molecule has 0 spiro atoms. The topological polar surface area (TPSA) is 12.5 Å². The van der Waals surface area contributed by atoms with Gasteiger partial charge in [0.1, 0.15) is 8.24 Å². The van der Waals surface area contributed by atoms with Crippen molar-refractivity contribution in [1.29, 1.82) is 0 Å². The number of allylic oxidation sites excluding steroid dienone is 3. The Morgan fingerprint density at radius 2 is 1.42 bits per heavy atom. The molecule has 0 N–H and O–H groups in total. The van der Waals surface area contributed by atoms with Crippen LogP contribution in [0.2, 0.25) is 18.1 Å². The molecule has 0 saturated heterocycles. The van der Waals surface area contributed by atoms with E-state index in [1.807, 2.05) is 0 Å². The number of hydrogen-bond donors (Lipinski definition) is 0. The lowest BCUT2D eigenvalue weighted by Crippen LogP contribution is -2.60. The first-order valence-corrected chi connectivity index (χ1v) is 16.5. The summed E-state index contributed by atoms with van der Waals surface area (Å²) in [6.07, 6.45) is 21.4. The average Bonchev–Trinajstić information content (AvgIpc) is 2.78. The summed E-state index contributed by atoms with van der Waals surface area (Å²) in [4.78, 5) is 0. The molecule has 33 heavy (non-hydrogen) atoms. The van der Waals surface area contributed by atoms with E-state index in [9.17, 15) is 0 Å². The minimum absolute atomic E-state index is 0.0645. The Bertz CT molecular complexity index is 723. The lowest BCUT2D eigenvalue weighted by Gasteiger charge is -2.49. The van der Waals surface area contributed by atoms with Crippen LogP contribution in [0.25, 0.3) is 0 Å². The zero-order chi connectivity index (χ0) is 24.2. The largest absolute Gasteiger partial charge is 0.439 e. The number of unbranched alkanes of at least 4 members (excludes halogenated alkanes) is 9. The zero-order valence-corrected chi connectivity index (χ0v) is 23.5. The standard InChI is InChI=1S/C29H50BNOSi/c1-7-8-9-10-11-12-13-14-15-19-25-32-30-28(26-27-21-17-16-18-22-27)23-20-24-31(30)33(5,6)29(2,3)4/h16-18,20-24H,7-15,19,25-26H2,1-6H3. The molecular formula is C29H50BNOSi. The molecule has 0 aliphatic carbocycles. The lowest BCUT2D eigenvalue weighted by molar-refractivity contribution is 0.290. The predicted octanol–water partition coefficient (Wildman–Crippen LogP) is 8.95. The van der Waals surface area contributed by atoms with Crippen molar-refractivity contribution < 1.29 is 4.65 Å². The first-order valence-electron chi connectivity index (χ1n) is 13.6. The van der Waals surface area contributed by atoms with Gasteiger partial charge >= 0.3 is 7.05 Å². The van der Waals surface area contributed by atoms with E-state index in [1.54, 1.807) is 0 Å². The van der Waals surface area contributed by atoms with E-state index in [0.717, 1.165) is 13.0 Å². The van der Waals surface area contributed by atoms with E-state index in [-0.39, 0.29) is 12.1 Å². The van der Waals surface area contributed by atoms with E-state index in [0.29, 0.717) is 0 Å². The molecule has 0 aromatic heterocycles. The molecule has 1 heterocycles. The van der Waals surface area contributed by atoms with E-state index in [4.69, 9.17) is 4.65 Å². The quantitative estimate of drug-likeness (QED) is 0.188. The highest BCUT2D eigenvalue weighted by Gasteiger charge is 2.46. The van der Waals surface area contributed by atoms with E-state index in [2.05, 4.69) is 93.9 Å². The molecule has 0 bridgehead atoms. The first-order chi connectivity index (χ1) is 15.8. The van der Waals surface area contributed by atoms with E-state index in [1.165, 1.54) is 75.2 Å². The molecule has 2 nitrogen and oxygen atoms in total. The van der Waals surface area contributed by atoms with Crippen molar-refractivity contribution in [1.82, 2.24) is 4.48 Å². The van der Waals surface area contributed by atoms with Crippen molar-refractivity contribution in [3.05, 3.63) is 59.7 Å². The summed E-state index contributed by atoms with van der Waals surface area (Å²) in [5.41, 5.74) is 2.75. The molecule has 0 fully saturated rings. The van der Waals surface area contributed by atoms with Crippen molar-refractivity contribution >= 4 is 15.3 Å². The van der Waals surface area contributed by atoms with Crippen LogP contribution in [0, 0.1) is 0 Å². The second kappa shape index (κ2) is 14.2. The van der Waals surface area contributed by atoms with Gasteiger partial charge in [-0.1, -0.05) is 135 Å². The summed E-state index contributed by atoms with van der Waals surface area (Å²) < 4.78 is 9.27. The van der Waals surface area contributed by atoms with Crippen LogP contribution in [-0.4, -0.2) is 26.4 Å². The molecule has 184 valence electrons. The second-order valence-electron chi connectivity index (χ2n) is 11.4. The third-order valence-electron chi connectivity index (χ3n) is 7.63. The molecule has 0 radical (unpaired) electrons. The van der Waals surface area contributed by atoms with E-state index >= 15 is 0 Å². The van der Waals surface area contributed by atoms with Gasteiger partial charge in [0.05, 0.1) is 0 Å². The van der Waals surface area contributed by atoms with Gasteiger partial charge in [-0.15, -0.1) is 0 Å². The Morgan fingerprint density at radius 3 is 2.00 bits per heavy atom. The SMILES string of the molecule is CCCCCCCCCCCCOB1C(Cc2ccccc2)=CC=CN1[Si](C)(C)C(C)(C)C. The molecule has 4 heteroatoms. The zero-order valence-electron chi connectivity index (χ0n) is 22.5. The molecule has 1 aromatic carbocycles. The Labute approximate surface area is 207 Å². The Balaban J connectivity index is 1.89. The van der Waals surface area contributed by atoms with Crippen LogP contribution >= 0.6 is 0 Å². The first kappa shape index (κ1) is 28.0. The maximum atomic E-state index is 6.68. The monoisotopic (exact) mass is 467 g/mol. The van der Waals surface area contributed by atoms with Crippen molar-refractivity contribution in [3.63, 3.8) is 0 Å². The van der Waals surface area contributed by atoms with Gasteiger partial charge in [-0.3, -0.25) is 0 Å². The van der Waals surface area contributed by atoms with Gasteiger partial charge in [0.25, 0.3) is 0 Å². The summed E-state index contributed by atoms with van der Waals surface area (Å²) in [5.74, 6) is 0. The van der Waals surface area contributed by atoms with Crippen LogP contribution < -0.4 is 0 Å². The number of benzene rings is 1. The number of hydrogen-bond acceptors (Lipinski definition) is 2. The van der Waals surface area contributed by atoms with Gasteiger partial charge in [0, 0.05) is 6.61 Å². The molecule has 1 aliphatic rings. The van der Waals surface area contributed by atoms with Gasteiger partial charge < -0.3 is 9.13 Å². The van der Waals surface area contributed by atoms with Crippen LogP contribution in [0.15, 0.2) is 54.2 Å². The van der Waals surface area contributed by atoms with Crippen LogP contribution in [-0.2, 0) is 11.1 Å². The summed E-state index contributed by atoms with van der Waals surface area (Å²) in [5, 5.41) is 0.269. The minimum Gasteiger partial charge on any atom is -0.420 e. The maximum Gasteiger partial charge on any atom is 0.439 e. The third kappa shape index (κ3) is 9.13.